The first-order chi connectivity index (χ1) is 12.7. The van der Waals surface area contributed by atoms with Crippen molar-refractivity contribution >= 4 is 5.91 Å². The van der Waals surface area contributed by atoms with Gasteiger partial charge in [-0.25, -0.2) is 0 Å². The molecular weight excluding hydrogens is 322 g/mol. The molecule has 0 spiro atoms. The van der Waals surface area contributed by atoms with Crippen molar-refractivity contribution in [2.75, 3.05) is 13.2 Å². The number of ether oxygens (including phenoxy) is 1. The first kappa shape index (κ1) is 17.3. The molecule has 2 atom stereocenters. The molecule has 0 bridgehead atoms. The maximum Gasteiger partial charge on any atom is 0.223 e. The van der Waals surface area contributed by atoms with Crippen LogP contribution in [0.5, 0.6) is 0 Å². The quantitative estimate of drug-likeness (QED) is 0.725. The first-order valence-corrected chi connectivity index (χ1v) is 9.72. The molecule has 0 unspecified atom stereocenters. The molecule has 1 saturated heterocycles. The largest absolute Gasteiger partial charge is 0.370 e. The maximum absolute atomic E-state index is 12.8. The van der Waals surface area contributed by atoms with E-state index in [1.807, 2.05) is 17.0 Å². The molecule has 2 aromatic carbocycles. The summed E-state index contributed by atoms with van der Waals surface area (Å²) in [5, 5.41) is 0. The third-order valence-electron chi connectivity index (χ3n) is 5.80. The zero-order valence-electron chi connectivity index (χ0n) is 15.4. The summed E-state index contributed by atoms with van der Waals surface area (Å²) >= 11 is 0. The van der Waals surface area contributed by atoms with E-state index in [2.05, 4.69) is 55.5 Å². The normalized spacial score (nSPS) is 20.8. The Labute approximate surface area is 156 Å². The molecule has 3 heteroatoms. The first-order valence-electron chi connectivity index (χ1n) is 9.72. The van der Waals surface area contributed by atoms with E-state index in [1.54, 1.807) is 0 Å². The van der Waals surface area contributed by atoms with Gasteiger partial charge in [0.1, 0.15) is 6.10 Å². The lowest BCUT2D eigenvalue weighted by atomic mass is 9.81. The topological polar surface area (TPSA) is 29.5 Å². The Hall–Kier alpha value is -2.13. The minimum atomic E-state index is -0.509. The van der Waals surface area contributed by atoms with Gasteiger partial charge in [0.05, 0.1) is 12.1 Å². The SMILES string of the molecule is C[C@](c1ccccc1)([C@H](OCC1CC1)c1ccccc1)N1CCCC1=O. The molecule has 2 aliphatic rings. The standard InChI is InChI=1S/C23H27NO2/c1-23(20-11-6-3-7-12-20,24-16-8-13-21(24)25)22(26-17-18-14-15-18)19-9-4-2-5-10-19/h2-7,9-12,18,22H,8,13-17H2,1H3/t22-,23+/m1/s1. The smallest absolute Gasteiger partial charge is 0.223 e. The van der Waals surface area contributed by atoms with Crippen LogP contribution >= 0.6 is 0 Å². The average Bonchev–Trinajstić information content (AvgIpc) is 3.41. The lowest BCUT2D eigenvalue weighted by molar-refractivity contribution is -0.142. The highest BCUT2D eigenvalue weighted by molar-refractivity contribution is 5.79. The fourth-order valence-electron chi connectivity index (χ4n) is 4.09. The molecule has 4 rings (SSSR count). The van der Waals surface area contributed by atoms with Gasteiger partial charge in [0, 0.05) is 13.0 Å². The summed E-state index contributed by atoms with van der Waals surface area (Å²) in [6.45, 7) is 3.74. The van der Waals surface area contributed by atoms with E-state index in [0.717, 1.165) is 30.7 Å². The van der Waals surface area contributed by atoms with E-state index < -0.39 is 5.54 Å². The molecule has 1 aliphatic heterocycles. The molecule has 1 saturated carbocycles. The molecular formula is C23H27NO2. The number of amides is 1. The van der Waals surface area contributed by atoms with Gasteiger partial charge < -0.3 is 9.64 Å². The molecule has 3 nitrogen and oxygen atoms in total. The Balaban J connectivity index is 1.78. The van der Waals surface area contributed by atoms with Gasteiger partial charge in [-0.2, -0.15) is 0 Å². The lowest BCUT2D eigenvalue weighted by Gasteiger charge is -2.45. The third-order valence-corrected chi connectivity index (χ3v) is 5.80. The van der Waals surface area contributed by atoms with Crippen LogP contribution in [-0.4, -0.2) is 24.0 Å². The Morgan fingerprint density at radius 3 is 2.31 bits per heavy atom. The second kappa shape index (κ2) is 7.24. The van der Waals surface area contributed by atoms with Gasteiger partial charge in [-0.15, -0.1) is 0 Å². The third kappa shape index (κ3) is 3.28. The van der Waals surface area contributed by atoms with Crippen LogP contribution in [0.4, 0.5) is 0 Å². The highest BCUT2D eigenvalue weighted by Gasteiger charge is 2.47. The number of hydrogen-bond donors (Lipinski definition) is 0. The van der Waals surface area contributed by atoms with Crippen LogP contribution < -0.4 is 0 Å². The number of hydrogen-bond acceptors (Lipinski definition) is 2. The molecule has 2 aromatic rings. The van der Waals surface area contributed by atoms with Gasteiger partial charge in [0.2, 0.25) is 5.91 Å². The molecule has 136 valence electrons. The summed E-state index contributed by atoms with van der Waals surface area (Å²) in [6, 6.07) is 20.8. The molecule has 0 aromatic heterocycles. The number of carbonyl (C=O) groups is 1. The highest BCUT2D eigenvalue weighted by atomic mass is 16.5. The minimum Gasteiger partial charge on any atom is -0.370 e. The molecule has 0 radical (unpaired) electrons. The van der Waals surface area contributed by atoms with Crippen LogP contribution in [0.1, 0.15) is 49.8 Å². The van der Waals surface area contributed by atoms with Crippen molar-refractivity contribution in [2.45, 2.75) is 44.2 Å². The van der Waals surface area contributed by atoms with Crippen molar-refractivity contribution in [3.05, 3.63) is 71.8 Å². The highest BCUT2D eigenvalue weighted by Crippen LogP contribution is 2.45. The van der Waals surface area contributed by atoms with Gasteiger partial charge in [-0.3, -0.25) is 4.79 Å². The van der Waals surface area contributed by atoms with Gasteiger partial charge in [-0.05, 0) is 43.2 Å². The average molecular weight is 349 g/mol. The lowest BCUT2D eigenvalue weighted by Crippen LogP contribution is -2.49. The summed E-state index contributed by atoms with van der Waals surface area (Å²) in [5.74, 6) is 0.905. The van der Waals surface area contributed by atoms with Gasteiger partial charge in [-0.1, -0.05) is 60.7 Å². The van der Waals surface area contributed by atoms with E-state index >= 15 is 0 Å². The van der Waals surface area contributed by atoms with Gasteiger partial charge in [0.15, 0.2) is 0 Å². The van der Waals surface area contributed by atoms with Gasteiger partial charge >= 0.3 is 0 Å². The molecule has 0 N–H and O–H groups in total. The number of benzene rings is 2. The van der Waals surface area contributed by atoms with Crippen molar-refractivity contribution in [2.24, 2.45) is 5.92 Å². The summed E-state index contributed by atoms with van der Waals surface area (Å²) in [7, 11) is 0. The van der Waals surface area contributed by atoms with Crippen molar-refractivity contribution in [3.8, 4) is 0 Å². The predicted octanol–water partition coefficient (Wildman–Crippen LogP) is 4.69. The molecule has 1 aliphatic carbocycles. The second-order valence-electron chi connectivity index (χ2n) is 7.73. The van der Waals surface area contributed by atoms with E-state index in [4.69, 9.17) is 4.74 Å². The molecule has 26 heavy (non-hydrogen) atoms. The van der Waals surface area contributed by atoms with Crippen molar-refractivity contribution in [1.82, 2.24) is 4.90 Å². The fraction of sp³-hybridized carbons (Fsp3) is 0.435. The Morgan fingerprint density at radius 1 is 1.08 bits per heavy atom. The van der Waals surface area contributed by atoms with E-state index in [1.165, 1.54) is 12.8 Å². The van der Waals surface area contributed by atoms with Crippen LogP contribution in [0.3, 0.4) is 0 Å². The number of carbonyl (C=O) groups excluding carboxylic acids is 1. The fourth-order valence-corrected chi connectivity index (χ4v) is 4.09. The predicted molar refractivity (Wildman–Crippen MR) is 103 cm³/mol. The van der Waals surface area contributed by atoms with Crippen molar-refractivity contribution in [1.29, 1.82) is 0 Å². The van der Waals surface area contributed by atoms with Crippen molar-refractivity contribution in [3.63, 3.8) is 0 Å². The summed E-state index contributed by atoms with van der Waals surface area (Å²) < 4.78 is 6.54. The van der Waals surface area contributed by atoms with Crippen LogP contribution in [0.2, 0.25) is 0 Å². The molecule has 1 amide bonds. The van der Waals surface area contributed by atoms with E-state index in [9.17, 15) is 4.79 Å². The summed E-state index contributed by atoms with van der Waals surface area (Å²) in [5.41, 5.74) is 1.77. The zero-order valence-corrected chi connectivity index (χ0v) is 15.4. The van der Waals surface area contributed by atoms with E-state index in [0.29, 0.717) is 12.3 Å². The van der Waals surface area contributed by atoms with Crippen LogP contribution in [0.25, 0.3) is 0 Å². The monoisotopic (exact) mass is 349 g/mol. The van der Waals surface area contributed by atoms with Crippen molar-refractivity contribution < 1.29 is 9.53 Å². The number of rotatable bonds is 7. The second-order valence-corrected chi connectivity index (χ2v) is 7.73. The Bertz CT molecular complexity index is 741. The number of nitrogens with zero attached hydrogens (tertiary/aromatic N) is 1. The number of likely N-dealkylation sites (tertiary alicyclic amines) is 1. The molecule has 2 fully saturated rings. The minimum absolute atomic E-state index is 0.172. The summed E-state index contributed by atoms with van der Waals surface area (Å²) in [6.07, 6.45) is 3.89. The zero-order chi connectivity index (χ0) is 18.0. The Morgan fingerprint density at radius 2 is 1.73 bits per heavy atom. The maximum atomic E-state index is 12.8. The summed E-state index contributed by atoms with van der Waals surface area (Å²) in [4.78, 5) is 14.8. The van der Waals surface area contributed by atoms with Gasteiger partial charge in [0.25, 0.3) is 0 Å². The van der Waals surface area contributed by atoms with Crippen LogP contribution in [0, 0.1) is 5.92 Å². The van der Waals surface area contributed by atoms with Crippen LogP contribution in [-0.2, 0) is 15.1 Å². The van der Waals surface area contributed by atoms with E-state index in [-0.39, 0.29) is 12.0 Å². The molecule has 1 heterocycles. The Kier molecular flexibility index (Phi) is 4.82. The van der Waals surface area contributed by atoms with Crippen LogP contribution in [0.15, 0.2) is 60.7 Å².